The topological polar surface area (TPSA) is 38.3 Å². The minimum atomic E-state index is -0.0724. The van der Waals surface area contributed by atoms with Gasteiger partial charge in [0.2, 0.25) is 0 Å². The van der Waals surface area contributed by atoms with Crippen LogP contribution in [0.25, 0.3) is 0 Å². The third-order valence-electron chi connectivity index (χ3n) is 3.61. The fraction of sp³-hybridized carbons (Fsp3) is 0.833. The highest BCUT2D eigenvalue weighted by Crippen LogP contribution is 2.10. The van der Waals surface area contributed by atoms with Crippen LogP contribution in [0, 0.1) is 0 Å². The average molecular weight is 297 g/mol. The van der Waals surface area contributed by atoms with Crippen molar-refractivity contribution in [1.82, 2.24) is 5.32 Å². The van der Waals surface area contributed by atoms with E-state index in [1.54, 1.807) is 6.20 Å². The zero-order valence-electron chi connectivity index (χ0n) is 14.0. The Labute approximate surface area is 131 Å². The molecule has 0 saturated heterocycles. The summed E-state index contributed by atoms with van der Waals surface area (Å²) >= 11 is 0. The molecule has 0 rings (SSSR count). The summed E-state index contributed by atoms with van der Waals surface area (Å²) in [6.45, 7) is 7.19. The summed E-state index contributed by atoms with van der Waals surface area (Å²) in [7, 11) is 0. The maximum atomic E-state index is 11.4. The van der Waals surface area contributed by atoms with E-state index in [-0.39, 0.29) is 5.97 Å². The molecule has 0 radical (unpaired) electrons. The van der Waals surface area contributed by atoms with Crippen LogP contribution in [-0.2, 0) is 9.53 Å². The second-order valence-electron chi connectivity index (χ2n) is 5.66. The van der Waals surface area contributed by atoms with Crippen molar-refractivity contribution in [2.24, 2.45) is 0 Å². The average Bonchev–Trinajstić information content (AvgIpc) is 2.49. The number of ether oxygens (including phenoxy) is 1. The molecular formula is C18H35NO2. The molecule has 0 saturated carbocycles. The van der Waals surface area contributed by atoms with Crippen molar-refractivity contribution in [3.8, 4) is 0 Å². The van der Waals surface area contributed by atoms with Crippen molar-refractivity contribution in [3.63, 3.8) is 0 Å². The Balaban J connectivity index is 3.10. The molecule has 0 heterocycles. The molecule has 3 heteroatoms. The van der Waals surface area contributed by atoms with Gasteiger partial charge in [-0.2, -0.15) is 0 Å². The van der Waals surface area contributed by atoms with Gasteiger partial charge in [-0.15, -0.1) is 0 Å². The summed E-state index contributed by atoms with van der Waals surface area (Å²) in [5, 5.41) is 2.97. The summed E-state index contributed by atoms with van der Waals surface area (Å²) in [6.07, 6.45) is 16.0. The van der Waals surface area contributed by atoms with Crippen molar-refractivity contribution >= 4 is 5.97 Å². The van der Waals surface area contributed by atoms with Gasteiger partial charge in [-0.25, -0.2) is 0 Å². The molecule has 0 aliphatic heterocycles. The summed E-state index contributed by atoms with van der Waals surface area (Å²) in [5.41, 5.74) is 0. The first-order valence-corrected chi connectivity index (χ1v) is 8.81. The van der Waals surface area contributed by atoms with E-state index < -0.39 is 0 Å². The van der Waals surface area contributed by atoms with E-state index in [2.05, 4.69) is 18.8 Å². The fourth-order valence-corrected chi connectivity index (χ4v) is 2.28. The number of rotatable bonds is 16. The van der Waals surface area contributed by atoms with Crippen LogP contribution < -0.4 is 5.32 Å². The highest BCUT2D eigenvalue weighted by Gasteiger charge is 2.01. The SMILES string of the molecule is C=CNCCCC(=O)OCCCCCCCCCCCC. The van der Waals surface area contributed by atoms with Crippen molar-refractivity contribution in [2.45, 2.75) is 84.0 Å². The lowest BCUT2D eigenvalue weighted by atomic mass is 10.1. The number of carbonyl (C=O) groups excluding carboxylic acids is 1. The molecule has 0 aromatic carbocycles. The Hall–Kier alpha value is -0.990. The number of hydrogen-bond acceptors (Lipinski definition) is 3. The summed E-state index contributed by atoms with van der Waals surface area (Å²) < 4.78 is 5.20. The standard InChI is InChI=1S/C18H35NO2/c1-3-5-6-7-8-9-10-11-12-13-17-21-18(20)15-14-16-19-4-2/h4,19H,2-3,5-17H2,1H3. The first-order valence-electron chi connectivity index (χ1n) is 8.81. The van der Waals surface area contributed by atoms with Gasteiger partial charge in [0.25, 0.3) is 0 Å². The number of nitrogens with one attached hydrogen (secondary N) is 1. The Morgan fingerprint density at radius 3 is 2.10 bits per heavy atom. The van der Waals surface area contributed by atoms with E-state index in [1.807, 2.05) is 0 Å². The van der Waals surface area contributed by atoms with Gasteiger partial charge in [0, 0.05) is 13.0 Å². The molecule has 0 aromatic heterocycles. The second kappa shape index (κ2) is 17.1. The maximum absolute atomic E-state index is 11.4. The number of hydrogen-bond donors (Lipinski definition) is 1. The van der Waals surface area contributed by atoms with Gasteiger partial charge >= 0.3 is 5.97 Å². The van der Waals surface area contributed by atoms with Crippen LogP contribution in [0.4, 0.5) is 0 Å². The molecule has 0 atom stereocenters. The van der Waals surface area contributed by atoms with Crippen LogP contribution in [0.3, 0.4) is 0 Å². The first-order chi connectivity index (χ1) is 10.3. The Bertz CT molecular complexity index is 241. The Kier molecular flexibility index (Phi) is 16.3. The van der Waals surface area contributed by atoms with Crippen LogP contribution in [-0.4, -0.2) is 19.1 Å². The molecule has 0 amide bonds. The van der Waals surface area contributed by atoms with Crippen LogP contribution in [0.15, 0.2) is 12.8 Å². The van der Waals surface area contributed by atoms with Gasteiger partial charge in [0.1, 0.15) is 0 Å². The smallest absolute Gasteiger partial charge is 0.305 e. The van der Waals surface area contributed by atoms with E-state index >= 15 is 0 Å². The molecule has 21 heavy (non-hydrogen) atoms. The van der Waals surface area contributed by atoms with E-state index in [1.165, 1.54) is 57.8 Å². The van der Waals surface area contributed by atoms with Gasteiger partial charge in [0.05, 0.1) is 6.61 Å². The fourth-order valence-electron chi connectivity index (χ4n) is 2.28. The first kappa shape index (κ1) is 20.0. The third kappa shape index (κ3) is 17.0. The van der Waals surface area contributed by atoms with Crippen molar-refractivity contribution in [1.29, 1.82) is 0 Å². The van der Waals surface area contributed by atoms with Crippen LogP contribution in [0.5, 0.6) is 0 Å². The molecular weight excluding hydrogens is 262 g/mol. The monoisotopic (exact) mass is 297 g/mol. The van der Waals surface area contributed by atoms with E-state index in [4.69, 9.17) is 4.74 Å². The Morgan fingerprint density at radius 2 is 1.52 bits per heavy atom. The van der Waals surface area contributed by atoms with E-state index in [0.717, 1.165) is 19.4 Å². The number of unbranched alkanes of at least 4 members (excludes halogenated alkanes) is 9. The largest absolute Gasteiger partial charge is 0.466 e. The molecule has 0 fully saturated rings. The van der Waals surface area contributed by atoms with Gasteiger partial charge in [-0.1, -0.05) is 71.3 Å². The molecule has 0 aliphatic carbocycles. The van der Waals surface area contributed by atoms with E-state index in [9.17, 15) is 4.79 Å². The van der Waals surface area contributed by atoms with Crippen molar-refractivity contribution < 1.29 is 9.53 Å². The zero-order valence-corrected chi connectivity index (χ0v) is 14.0. The summed E-state index contributed by atoms with van der Waals surface area (Å²) in [5.74, 6) is -0.0724. The lowest BCUT2D eigenvalue weighted by Crippen LogP contribution is -2.11. The molecule has 0 bridgehead atoms. The normalized spacial score (nSPS) is 10.3. The van der Waals surface area contributed by atoms with E-state index in [0.29, 0.717) is 13.0 Å². The zero-order chi connectivity index (χ0) is 15.6. The predicted octanol–water partition coefficient (Wildman–Crippen LogP) is 4.96. The number of esters is 1. The molecule has 0 unspecified atom stereocenters. The van der Waals surface area contributed by atoms with Gasteiger partial charge in [-0.05, 0) is 19.0 Å². The van der Waals surface area contributed by atoms with Gasteiger partial charge in [-0.3, -0.25) is 4.79 Å². The van der Waals surface area contributed by atoms with Crippen molar-refractivity contribution in [2.75, 3.05) is 13.2 Å². The molecule has 0 aromatic rings. The summed E-state index contributed by atoms with van der Waals surface area (Å²) in [4.78, 5) is 11.4. The lowest BCUT2D eigenvalue weighted by molar-refractivity contribution is -0.143. The molecule has 3 nitrogen and oxygen atoms in total. The molecule has 0 spiro atoms. The molecule has 1 N–H and O–H groups in total. The number of carbonyl (C=O) groups is 1. The highest BCUT2D eigenvalue weighted by atomic mass is 16.5. The third-order valence-corrected chi connectivity index (χ3v) is 3.61. The Morgan fingerprint density at radius 1 is 0.952 bits per heavy atom. The predicted molar refractivity (Wildman–Crippen MR) is 90.2 cm³/mol. The summed E-state index contributed by atoms with van der Waals surface area (Å²) in [6, 6.07) is 0. The minimum absolute atomic E-state index is 0.0724. The van der Waals surface area contributed by atoms with Gasteiger partial charge < -0.3 is 10.1 Å². The second-order valence-corrected chi connectivity index (χ2v) is 5.66. The molecule has 0 aliphatic rings. The lowest BCUT2D eigenvalue weighted by Gasteiger charge is -2.05. The van der Waals surface area contributed by atoms with Crippen LogP contribution in [0.2, 0.25) is 0 Å². The van der Waals surface area contributed by atoms with Crippen LogP contribution in [0.1, 0.15) is 84.0 Å². The van der Waals surface area contributed by atoms with Crippen LogP contribution >= 0.6 is 0 Å². The quantitative estimate of drug-likeness (QED) is 0.323. The highest BCUT2D eigenvalue weighted by molar-refractivity contribution is 5.69. The van der Waals surface area contributed by atoms with Crippen molar-refractivity contribution in [3.05, 3.63) is 12.8 Å². The molecule has 124 valence electrons. The minimum Gasteiger partial charge on any atom is -0.466 e. The maximum Gasteiger partial charge on any atom is 0.305 e. The van der Waals surface area contributed by atoms with Gasteiger partial charge in [0.15, 0.2) is 0 Å².